The van der Waals surface area contributed by atoms with Gasteiger partial charge in [-0.05, 0) is 86.0 Å². The molecule has 3 saturated carbocycles. The van der Waals surface area contributed by atoms with Crippen LogP contribution in [0.15, 0.2) is 11.6 Å². The number of carboxylic acid groups (broad SMARTS) is 1. The number of hydrogen-bond acceptors (Lipinski definition) is 6. The molecule has 4 rings (SSSR count). The predicted molar refractivity (Wildman–Crippen MR) is 107 cm³/mol. The molecule has 7 heteroatoms. The quantitative estimate of drug-likeness (QED) is 0.438. The fourth-order valence-electron chi connectivity index (χ4n) is 7.79. The first-order valence-corrected chi connectivity index (χ1v) is 11.3. The largest absolute Gasteiger partial charge is 1.00 e. The van der Waals surface area contributed by atoms with Crippen LogP contribution in [0.1, 0.15) is 71.6 Å². The molecule has 1 N–H and O–H groups in total. The number of carboxylic acids is 1. The maximum atomic E-state index is 12.9. The maximum absolute atomic E-state index is 12.9. The normalized spacial score (nSPS) is 43.6. The van der Waals surface area contributed by atoms with Crippen LogP contribution in [-0.2, 0) is 19.1 Å². The first kappa shape index (κ1) is 25.6. The first-order valence-electron chi connectivity index (χ1n) is 11.3. The van der Waals surface area contributed by atoms with Crippen molar-refractivity contribution >= 4 is 17.7 Å². The number of aliphatic hydroxyl groups is 1. The van der Waals surface area contributed by atoms with Gasteiger partial charge in [0.2, 0.25) is 0 Å². The van der Waals surface area contributed by atoms with Crippen molar-refractivity contribution < 1.29 is 80.7 Å². The molecule has 0 aromatic carbocycles. The number of ketones is 1. The summed E-state index contributed by atoms with van der Waals surface area (Å²) in [6, 6.07) is 0. The maximum Gasteiger partial charge on any atom is 1.00 e. The van der Waals surface area contributed by atoms with Crippen LogP contribution < -0.4 is 56.5 Å². The minimum absolute atomic E-state index is 0. The third-order valence-electron chi connectivity index (χ3n) is 9.58. The van der Waals surface area contributed by atoms with Crippen molar-refractivity contribution in [1.29, 1.82) is 0 Å². The Kier molecular flexibility index (Phi) is 7.38. The van der Waals surface area contributed by atoms with Crippen LogP contribution in [0.4, 0.5) is 0 Å². The molecule has 166 valence electrons. The number of esters is 1. The number of aliphatic carboxylic acids is 1. The molecule has 3 fully saturated rings. The molecule has 0 radical (unpaired) electrons. The molecule has 0 heterocycles. The first-order chi connectivity index (χ1) is 14.1. The second-order valence-electron chi connectivity index (χ2n) is 10.6. The van der Waals surface area contributed by atoms with Gasteiger partial charge in [0.25, 0.3) is 0 Å². The zero-order chi connectivity index (χ0) is 21.9. The topological polar surface area (TPSA) is 104 Å². The molecule has 2 unspecified atom stereocenters. The number of ether oxygens (including phenoxy) is 1. The second kappa shape index (κ2) is 8.95. The van der Waals surface area contributed by atoms with Crippen molar-refractivity contribution in [3.63, 3.8) is 0 Å². The molecule has 0 spiro atoms. The van der Waals surface area contributed by atoms with Crippen molar-refractivity contribution in [2.24, 2.45) is 34.5 Å². The summed E-state index contributed by atoms with van der Waals surface area (Å²) in [5, 5.41) is 22.6. The van der Waals surface area contributed by atoms with Gasteiger partial charge in [-0.1, -0.05) is 19.4 Å². The van der Waals surface area contributed by atoms with Crippen LogP contribution in [0.3, 0.4) is 0 Å². The van der Waals surface area contributed by atoms with Gasteiger partial charge in [-0.2, -0.15) is 0 Å². The molecule has 0 bridgehead atoms. The van der Waals surface area contributed by atoms with Crippen LogP contribution in [0.25, 0.3) is 0 Å². The second-order valence-corrected chi connectivity index (χ2v) is 10.6. The summed E-state index contributed by atoms with van der Waals surface area (Å²) >= 11 is 0. The minimum atomic E-state index is -1.14. The van der Waals surface area contributed by atoms with E-state index in [4.69, 9.17) is 4.74 Å². The van der Waals surface area contributed by atoms with Crippen LogP contribution in [0.2, 0.25) is 0 Å². The van der Waals surface area contributed by atoms with Gasteiger partial charge in [0.05, 0.1) is 18.6 Å². The van der Waals surface area contributed by atoms with Gasteiger partial charge in [0.1, 0.15) is 0 Å². The summed E-state index contributed by atoms with van der Waals surface area (Å²) in [5.41, 5.74) is -0.499. The van der Waals surface area contributed by atoms with Crippen LogP contribution in [0.5, 0.6) is 0 Å². The number of carbonyl (C=O) groups excluding carboxylic acids is 3. The number of allylic oxidation sites excluding steroid dienone is 1. The molecule has 6 nitrogen and oxygen atoms in total. The van der Waals surface area contributed by atoms with Gasteiger partial charge in [-0.25, -0.2) is 0 Å². The third kappa shape index (κ3) is 3.95. The summed E-state index contributed by atoms with van der Waals surface area (Å²) in [6.45, 7) is 4.33. The van der Waals surface area contributed by atoms with Crippen molar-refractivity contribution in [1.82, 2.24) is 0 Å². The van der Waals surface area contributed by atoms with Gasteiger partial charge in [-0.15, -0.1) is 0 Å². The fraction of sp³-hybridized carbons (Fsp3) is 0.792. The van der Waals surface area contributed by atoms with E-state index >= 15 is 0 Å². The molecular formula is C24H33KO6. The summed E-state index contributed by atoms with van der Waals surface area (Å²) in [6.07, 6.45) is 6.70. The summed E-state index contributed by atoms with van der Waals surface area (Å²) in [7, 11) is 1.42. The van der Waals surface area contributed by atoms with Crippen molar-refractivity contribution in [3.05, 3.63) is 11.6 Å². The van der Waals surface area contributed by atoms with E-state index in [0.717, 1.165) is 31.3 Å². The molecular weight excluding hydrogens is 423 g/mol. The Morgan fingerprint density at radius 1 is 1.19 bits per heavy atom. The number of methoxy groups -OCH3 is 1. The zero-order valence-electron chi connectivity index (χ0n) is 19.2. The van der Waals surface area contributed by atoms with E-state index in [1.165, 1.54) is 7.11 Å². The molecule has 7 atom stereocenters. The average molecular weight is 457 g/mol. The SMILES string of the molecule is COC(=O)C1CC2=CC(=O)CC[C@]2(C)[C@H]2CC[C@@]3(C)[C@@H](CCC3(O)CCC(=O)[O-])[C@H]12.[K+]. The Labute approximate surface area is 227 Å². The molecule has 4 aliphatic rings. The Bertz CT molecular complexity index is 808. The van der Waals surface area contributed by atoms with Crippen molar-refractivity contribution in [2.45, 2.75) is 77.2 Å². The van der Waals surface area contributed by atoms with Crippen LogP contribution >= 0.6 is 0 Å². The Balaban J connectivity index is 0.00000272. The molecule has 0 aromatic heterocycles. The monoisotopic (exact) mass is 456 g/mol. The third-order valence-corrected chi connectivity index (χ3v) is 9.58. The van der Waals surface area contributed by atoms with E-state index in [1.807, 2.05) is 0 Å². The Hall–Kier alpha value is -0.0536. The van der Waals surface area contributed by atoms with Gasteiger partial charge in [0.15, 0.2) is 5.78 Å². The van der Waals surface area contributed by atoms with Crippen molar-refractivity contribution in [3.8, 4) is 0 Å². The van der Waals surface area contributed by atoms with Crippen molar-refractivity contribution in [2.75, 3.05) is 7.11 Å². The fourth-order valence-corrected chi connectivity index (χ4v) is 7.79. The summed E-state index contributed by atoms with van der Waals surface area (Å²) in [5.74, 6) is -1.09. The number of fused-ring (bicyclic) bond motifs is 5. The summed E-state index contributed by atoms with van der Waals surface area (Å²) in [4.78, 5) is 36.1. The molecule has 0 aromatic rings. The van der Waals surface area contributed by atoms with Gasteiger partial charge >= 0.3 is 57.4 Å². The molecule has 0 aliphatic heterocycles. The summed E-state index contributed by atoms with van der Waals surface area (Å²) < 4.78 is 5.19. The average Bonchev–Trinajstić information content (AvgIpc) is 2.97. The number of hydrogen-bond donors (Lipinski definition) is 1. The molecule has 4 aliphatic carbocycles. The van der Waals surface area contributed by atoms with E-state index in [9.17, 15) is 24.6 Å². The van der Waals surface area contributed by atoms with E-state index in [1.54, 1.807) is 6.08 Å². The molecule has 31 heavy (non-hydrogen) atoms. The van der Waals surface area contributed by atoms with E-state index in [2.05, 4.69) is 13.8 Å². The number of carbonyl (C=O) groups is 3. The molecule has 0 saturated heterocycles. The van der Waals surface area contributed by atoms with E-state index < -0.39 is 17.0 Å². The zero-order valence-corrected chi connectivity index (χ0v) is 22.4. The van der Waals surface area contributed by atoms with E-state index in [0.29, 0.717) is 19.3 Å². The van der Waals surface area contributed by atoms with Crippen LogP contribution in [-0.4, -0.2) is 35.5 Å². The van der Waals surface area contributed by atoms with Crippen LogP contribution in [0, 0.1) is 34.5 Å². The minimum Gasteiger partial charge on any atom is -0.550 e. The Morgan fingerprint density at radius 2 is 1.87 bits per heavy atom. The predicted octanol–water partition coefficient (Wildman–Crippen LogP) is -0.817. The standard InChI is InChI=1S/C24H34O6.K/c1-22-8-4-15(25)12-14(22)13-16(21(28)30-3)20-17(22)5-9-23(2)18(20)6-10-24(23,29)11-7-19(26)27;/h12,16-18,20,29H,4-11,13H2,1-3H3,(H,26,27);/q;+1/p-1/t16?,17-,18-,20+,22-,23-,24?;/m0./s1. The van der Waals surface area contributed by atoms with E-state index in [-0.39, 0.29) is 105 Å². The number of rotatable bonds is 4. The van der Waals surface area contributed by atoms with Gasteiger partial charge < -0.3 is 19.7 Å². The smallest absolute Gasteiger partial charge is 0.550 e. The Morgan fingerprint density at radius 3 is 2.52 bits per heavy atom. The van der Waals surface area contributed by atoms with Gasteiger partial charge in [-0.3, -0.25) is 9.59 Å². The van der Waals surface area contributed by atoms with Gasteiger partial charge in [0, 0.05) is 12.4 Å². The molecule has 0 amide bonds.